The second-order valence-corrected chi connectivity index (χ2v) is 2.03. The molecular weight excluding hydrogens is 148 g/mol. The third-order valence-corrected chi connectivity index (χ3v) is 0.397. The molecule has 0 spiro atoms. The fraction of sp³-hybridized carbons (Fsp3) is 0.667. The molecule has 0 aromatic rings. The van der Waals surface area contributed by atoms with Crippen molar-refractivity contribution in [2.45, 2.75) is 11.9 Å². The fourth-order valence-electron chi connectivity index (χ4n) is 0.0663. The average molecular weight is 152 g/mol. The van der Waals surface area contributed by atoms with Crippen LogP contribution in [-0.2, 0) is 9.53 Å². The van der Waals surface area contributed by atoms with E-state index in [0.717, 1.165) is 0 Å². The van der Waals surface area contributed by atoms with Gasteiger partial charge in [-0.15, -0.1) is 0 Å². The topological polar surface area (TPSA) is 26.3 Å². The van der Waals surface area contributed by atoms with E-state index in [0.29, 0.717) is 0 Å². The van der Waals surface area contributed by atoms with Crippen molar-refractivity contribution in [3.63, 3.8) is 0 Å². The number of halogens is 1. The van der Waals surface area contributed by atoms with E-state index < -0.39 is 0 Å². The Balaban J connectivity index is 2.81. The fourth-order valence-corrected chi connectivity index (χ4v) is 0.143. The van der Waals surface area contributed by atoms with E-state index in [1.165, 1.54) is 6.47 Å². The maximum absolute atomic E-state index is 9.24. The zero-order chi connectivity index (χ0) is 4.99. The summed E-state index contributed by atoms with van der Waals surface area (Å²) in [7, 11) is 0. The summed E-state index contributed by atoms with van der Waals surface area (Å²) in [5.41, 5.74) is 0. The van der Waals surface area contributed by atoms with Crippen LogP contribution in [0.1, 0.15) is 6.92 Å². The van der Waals surface area contributed by atoms with Crippen LogP contribution in [0.3, 0.4) is 0 Å². The molecule has 0 aliphatic rings. The quantitative estimate of drug-likeness (QED) is 0.547. The number of hydrogen-bond acceptors (Lipinski definition) is 2. The largest absolute Gasteiger partial charge is 0.443 e. The van der Waals surface area contributed by atoms with E-state index in [4.69, 9.17) is 0 Å². The maximum atomic E-state index is 9.24. The predicted molar refractivity (Wildman–Crippen MR) is 25.2 cm³/mol. The maximum Gasteiger partial charge on any atom is 0.418 e. The van der Waals surface area contributed by atoms with Crippen molar-refractivity contribution in [2.24, 2.45) is 0 Å². The van der Waals surface area contributed by atoms with Crippen molar-refractivity contribution < 1.29 is 9.53 Å². The molecule has 0 saturated heterocycles. The van der Waals surface area contributed by atoms with Crippen LogP contribution in [0.15, 0.2) is 0 Å². The Kier molecular flexibility index (Phi) is 3.13. The molecule has 0 N–H and O–H groups in total. The molecule has 0 amide bonds. The van der Waals surface area contributed by atoms with Crippen LogP contribution in [0.5, 0.6) is 0 Å². The van der Waals surface area contributed by atoms with Crippen LogP contribution in [0.4, 0.5) is 0 Å². The van der Waals surface area contributed by atoms with Gasteiger partial charge in [-0.3, -0.25) is 0 Å². The van der Waals surface area contributed by atoms with Gasteiger partial charge in [-0.25, -0.2) is 4.79 Å². The minimum absolute atomic E-state index is 0.213. The molecule has 1 unspecified atom stereocenters. The molecule has 2 nitrogen and oxygen atoms in total. The lowest BCUT2D eigenvalue weighted by molar-refractivity contribution is 0.274. The monoisotopic (exact) mass is 151 g/mol. The summed E-state index contributed by atoms with van der Waals surface area (Å²) in [6, 6.07) is 0. The molecule has 0 aromatic carbocycles. The minimum Gasteiger partial charge on any atom is -0.443 e. The van der Waals surface area contributed by atoms with Crippen molar-refractivity contribution >= 4 is 22.4 Å². The van der Waals surface area contributed by atoms with Crippen LogP contribution in [-0.4, -0.2) is 11.5 Å². The summed E-state index contributed by atoms with van der Waals surface area (Å²) < 4.78 is 4.15. The number of hydrogen-bond donors (Lipinski definition) is 0. The van der Waals surface area contributed by atoms with Gasteiger partial charge in [-0.05, 0) is 22.9 Å². The smallest absolute Gasteiger partial charge is 0.418 e. The van der Waals surface area contributed by atoms with Gasteiger partial charge in [-0.2, -0.15) is 0 Å². The first-order chi connectivity index (χ1) is 2.77. The van der Waals surface area contributed by atoms with Crippen molar-refractivity contribution in [1.82, 2.24) is 0 Å². The Labute approximate surface area is 44.6 Å². The van der Waals surface area contributed by atoms with E-state index in [1.807, 2.05) is 0 Å². The summed E-state index contributed by atoms with van der Waals surface area (Å²) >= 11 is 2.95. The van der Waals surface area contributed by atoms with Gasteiger partial charge in [0.15, 0.2) is 5.01 Å². The second-order valence-electron chi connectivity index (χ2n) is 0.744. The van der Waals surface area contributed by atoms with Crippen LogP contribution in [0, 0.1) is 0 Å². The summed E-state index contributed by atoms with van der Waals surface area (Å²) in [6.45, 7) is 2.96. The van der Waals surface area contributed by atoms with Crippen molar-refractivity contribution in [3.8, 4) is 0 Å². The Bertz CT molecular complexity index is 44.1. The first kappa shape index (κ1) is 5.95. The second kappa shape index (κ2) is 3.15. The first-order valence-corrected chi connectivity index (χ1v) is 2.36. The zero-order valence-electron chi connectivity index (χ0n) is 3.27. The van der Waals surface area contributed by atoms with Crippen LogP contribution in [0.25, 0.3) is 0 Å². The molecule has 1 radical (unpaired) electrons. The van der Waals surface area contributed by atoms with Gasteiger partial charge in [0.25, 0.3) is 0 Å². The van der Waals surface area contributed by atoms with Gasteiger partial charge < -0.3 is 4.74 Å². The Hall–Kier alpha value is -0.0500. The molecule has 6 heavy (non-hydrogen) atoms. The van der Waals surface area contributed by atoms with Crippen molar-refractivity contribution in [3.05, 3.63) is 0 Å². The van der Waals surface area contributed by atoms with Gasteiger partial charge in [0.1, 0.15) is 0 Å². The molecule has 0 bridgehead atoms. The Morgan fingerprint density at radius 1 is 2.00 bits per heavy atom. The zero-order valence-corrected chi connectivity index (χ0v) is 4.86. The number of carbonyl (C=O) groups excluding carboxylic acids is 1. The molecule has 0 saturated carbocycles. The Morgan fingerprint density at radius 3 is 2.50 bits per heavy atom. The minimum atomic E-state index is -0.213. The van der Waals surface area contributed by atoms with Crippen LogP contribution >= 0.6 is 15.9 Å². The summed E-state index contributed by atoms with van der Waals surface area (Å²) in [5, 5.41) is -0.213. The highest BCUT2D eigenvalue weighted by Gasteiger charge is 1.88. The molecule has 3 heteroatoms. The molecule has 0 aliphatic carbocycles. The SMILES string of the molecule is CC(Br)O[C]=O. The summed E-state index contributed by atoms with van der Waals surface area (Å²) in [5.74, 6) is 0. The third-order valence-electron chi connectivity index (χ3n) is 0.211. The molecule has 0 aromatic heterocycles. The van der Waals surface area contributed by atoms with Gasteiger partial charge in [-0.1, -0.05) is 0 Å². The normalized spacial score (nSPS) is 13.0. The van der Waals surface area contributed by atoms with E-state index in [9.17, 15) is 4.79 Å². The molecule has 0 heterocycles. The van der Waals surface area contributed by atoms with Gasteiger partial charge in [0, 0.05) is 0 Å². The highest BCUT2D eigenvalue weighted by Crippen LogP contribution is 1.94. The molecule has 0 aliphatic heterocycles. The highest BCUT2D eigenvalue weighted by molar-refractivity contribution is 9.09. The lowest BCUT2D eigenvalue weighted by Gasteiger charge is -1.92. The average Bonchev–Trinajstić information content (AvgIpc) is 1.35. The molecule has 35 valence electrons. The van der Waals surface area contributed by atoms with E-state index >= 15 is 0 Å². The van der Waals surface area contributed by atoms with E-state index in [2.05, 4.69) is 20.7 Å². The van der Waals surface area contributed by atoms with Gasteiger partial charge >= 0.3 is 6.47 Å². The van der Waals surface area contributed by atoms with Crippen molar-refractivity contribution in [1.29, 1.82) is 0 Å². The molecule has 0 fully saturated rings. The third kappa shape index (κ3) is 3.95. The van der Waals surface area contributed by atoms with Gasteiger partial charge in [0.2, 0.25) is 0 Å². The number of rotatable bonds is 2. The lowest BCUT2D eigenvalue weighted by Crippen LogP contribution is -1.93. The Morgan fingerprint density at radius 2 is 2.50 bits per heavy atom. The van der Waals surface area contributed by atoms with Crippen LogP contribution in [0.2, 0.25) is 0 Å². The predicted octanol–water partition coefficient (Wildman–Crippen LogP) is 0.811. The number of ether oxygens (including phenoxy) is 1. The van der Waals surface area contributed by atoms with Crippen molar-refractivity contribution in [2.75, 3.05) is 0 Å². The molecular formula is C3H4BrO2. The van der Waals surface area contributed by atoms with E-state index in [-0.39, 0.29) is 5.01 Å². The highest BCUT2D eigenvalue weighted by atomic mass is 79.9. The summed E-state index contributed by atoms with van der Waals surface area (Å²) in [4.78, 5) is 9.24. The number of alkyl halides is 1. The first-order valence-electron chi connectivity index (χ1n) is 1.44. The summed E-state index contributed by atoms with van der Waals surface area (Å²) in [6.07, 6.45) is 0. The molecule has 0 rings (SSSR count). The lowest BCUT2D eigenvalue weighted by atomic mass is 10.9. The standard InChI is InChI=1S/C3H4BrO2/c1-3(4)6-2-5/h3H,1H3. The molecule has 1 atom stereocenters. The van der Waals surface area contributed by atoms with E-state index in [1.54, 1.807) is 6.92 Å². The van der Waals surface area contributed by atoms with Crippen LogP contribution < -0.4 is 0 Å². The van der Waals surface area contributed by atoms with Gasteiger partial charge in [0.05, 0.1) is 0 Å².